The van der Waals surface area contributed by atoms with Crippen molar-refractivity contribution >= 4 is 17.8 Å². The third kappa shape index (κ3) is 6.45. The third-order valence-corrected chi connectivity index (χ3v) is 3.75. The number of benzene rings is 1. The first kappa shape index (κ1) is 20.5. The van der Waals surface area contributed by atoms with E-state index in [1.165, 1.54) is 18.7 Å². The van der Waals surface area contributed by atoms with Gasteiger partial charge in [-0.05, 0) is 38.0 Å². The van der Waals surface area contributed by atoms with Crippen LogP contribution >= 0.6 is 0 Å². The van der Waals surface area contributed by atoms with Crippen molar-refractivity contribution in [3.8, 4) is 5.75 Å². The average Bonchev–Trinajstić information content (AvgIpc) is 2.55. The summed E-state index contributed by atoms with van der Waals surface area (Å²) in [5.74, 6) is -1.20. The normalized spacial score (nSPS) is 12.8. The summed E-state index contributed by atoms with van der Waals surface area (Å²) in [4.78, 5) is 36.4. The van der Waals surface area contributed by atoms with Crippen LogP contribution in [0.3, 0.4) is 0 Å². The number of carbonyl (C=O) groups is 3. The van der Waals surface area contributed by atoms with E-state index in [9.17, 15) is 19.5 Å². The van der Waals surface area contributed by atoms with Crippen molar-refractivity contribution < 1.29 is 24.2 Å². The Morgan fingerprint density at radius 1 is 1.32 bits per heavy atom. The lowest BCUT2D eigenvalue weighted by molar-refractivity contribution is -0.152. The van der Waals surface area contributed by atoms with Crippen LogP contribution in [0, 0.1) is 6.92 Å². The van der Waals surface area contributed by atoms with Crippen molar-refractivity contribution in [3.63, 3.8) is 0 Å². The lowest BCUT2D eigenvalue weighted by Gasteiger charge is -2.30. The molecule has 0 heterocycles. The summed E-state index contributed by atoms with van der Waals surface area (Å²) in [7, 11) is 0. The van der Waals surface area contributed by atoms with Gasteiger partial charge in [-0.25, -0.2) is 4.79 Å². The second kappa shape index (κ2) is 9.66. The van der Waals surface area contributed by atoms with Gasteiger partial charge in [-0.3, -0.25) is 9.59 Å². The fraction of sp³-hybridized carbons (Fsp3) is 0.500. The van der Waals surface area contributed by atoms with Crippen molar-refractivity contribution in [3.05, 3.63) is 29.8 Å². The minimum Gasteiger partial charge on any atom is -0.481 e. The summed E-state index contributed by atoms with van der Waals surface area (Å²) in [6.07, 6.45) is -0.392. The number of nitrogens with zero attached hydrogens (tertiary/aromatic N) is 1. The molecule has 0 saturated heterocycles. The lowest BCUT2D eigenvalue weighted by atomic mass is 10.2. The summed E-state index contributed by atoms with van der Waals surface area (Å²) in [5, 5.41) is 11.8. The van der Waals surface area contributed by atoms with Crippen LogP contribution in [-0.4, -0.2) is 53.0 Å². The number of aryl methyl sites for hydroxylation is 1. The topological polar surface area (TPSA) is 95.9 Å². The van der Waals surface area contributed by atoms with Gasteiger partial charge >= 0.3 is 5.97 Å². The summed E-state index contributed by atoms with van der Waals surface area (Å²) < 4.78 is 5.77. The Labute approximate surface area is 148 Å². The molecule has 0 aromatic heterocycles. The minimum atomic E-state index is -1.11. The van der Waals surface area contributed by atoms with Crippen LogP contribution < -0.4 is 10.1 Å². The van der Waals surface area contributed by atoms with Gasteiger partial charge in [0.1, 0.15) is 11.8 Å². The molecule has 0 fully saturated rings. The number of carboxylic acids is 1. The first-order chi connectivity index (χ1) is 11.8. The number of hydrogen-bond donors (Lipinski definition) is 2. The molecule has 1 rings (SSSR count). The van der Waals surface area contributed by atoms with Crippen LogP contribution in [0.1, 0.15) is 32.8 Å². The molecule has 0 saturated carbocycles. The first-order valence-electron chi connectivity index (χ1n) is 8.27. The number of amides is 2. The molecule has 7 heteroatoms. The van der Waals surface area contributed by atoms with Gasteiger partial charge in [0.05, 0.1) is 0 Å². The number of ether oxygens (including phenoxy) is 1. The Balaban J connectivity index is 2.90. The molecule has 0 aliphatic rings. The van der Waals surface area contributed by atoms with Crippen molar-refractivity contribution in [1.82, 2.24) is 10.2 Å². The van der Waals surface area contributed by atoms with Gasteiger partial charge in [-0.2, -0.15) is 0 Å². The molecule has 0 aliphatic heterocycles. The molecular weight excluding hydrogens is 324 g/mol. The molecule has 0 radical (unpaired) electrons. The quantitative estimate of drug-likeness (QED) is 0.705. The minimum absolute atomic E-state index is 0.0968. The third-order valence-electron chi connectivity index (χ3n) is 3.75. The SMILES string of the molecule is CCC(Oc1cccc(C)c1)C(=O)N(CCNC(C)=O)C(C)C(=O)O. The highest BCUT2D eigenvalue weighted by molar-refractivity contribution is 5.86. The molecule has 2 unspecified atom stereocenters. The Kier molecular flexibility index (Phi) is 7.91. The molecule has 2 N–H and O–H groups in total. The Morgan fingerprint density at radius 2 is 2.00 bits per heavy atom. The fourth-order valence-corrected chi connectivity index (χ4v) is 2.33. The van der Waals surface area contributed by atoms with E-state index in [4.69, 9.17) is 4.74 Å². The van der Waals surface area contributed by atoms with Crippen LogP contribution in [0.5, 0.6) is 5.75 Å². The molecule has 1 aromatic carbocycles. The molecule has 138 valence electrons. The maximum absolute atomic E-state index is 12.8. The van der Waals surface area contributed by atoms with Gasteiger partial charge in [0.15, 0.2) is 6.10 Å². The second-order valence-electron chi connectivity index (χ2n) is 5.86. The van der Waals surface area contributed by atoms with Gasteiger partial charge in [-0.1, -0.05) is 19.1 Å². The van der Waals surface area contributed by atoms with E-state index in [0.29, 0.717) is 12.2 Å². The molecular formula is C18H26N2O5. The molecule has 7 nitrogen and oxygen atoms in total. The number of carboxylic acid groups (broad SMARTS) is 1. The van der Waals surface area contributed by atoms with Gasteiger partial charge < -0.3 is 20.1 Å². The van der Waals surface area contributed by atoms with Crippen LogP contribution in [-0.2, 0) is 14.4 Å². The highest BCUT2D eigenvalue weighted by Crippen LogP contribution is 2.17. The fourth-order valence-electron chi connectivity index (χ4n) is 2.33. The Bertz CT molecular complexity index is 617. The standard InChI is InChI=1S/C18H26N2O5/c1-5-16(25-15-8-6-7-12(2)11-15)17(22)20(13(3)18(23)24)10-9-19-14(4)21/h6-8,11,13,16H,5,9-10H2,1-4H3,(H,19,21)(H,23,24). The van der Waals surface area contributed by atoms with E-state index in [-0.39, 0.29) is 19.0 Å². The molecule has 0 aliphatic carbocycles. The van der Waals surface area contributed by atoms with Crippen LogP contribution in [0.25, 0.3) is 0 Å². The number of hydrogen-bond acceptors (Lipinski definition) is 4. The summed E-state index contributed by atoms with van der Waals surface area (Å²) >= 11 is 0. The van der Waals surface area contributed by atoms with Gasteiger partial charge in [0.25, 0.3) is 5.91 Å². The number of rotatable bonds is 9. The summed E-state index contributed by atoms with van der Waals surface area (Å²) in [5.41, 5.74) is 1.00. The number of aliphatic carboxylic acids is 1. The van der Waals surface area contributed by atoms with Crippen LogP contribution in [0.15, 0.2) is 24.3 Å². The summed E-state index contributed by atoms with van der Waals surface area (Å²) in [6.45, 7) is 6.80. The van der Waals surface area contributed by atoms with Gasteiger partial charge in [-0.15, -0.1) is 0 Å². The highest BCUT2D eigenvalue weighted by atomic mass is 16.5. The van der Waals surface area contributed by atoms with Gasteiger partial charge in [0.2, 0.25) is 5.91 Å². The zero-order chi connectivity index (χ0) is 19.0. The largest absolute Gasteiger partial charge is 0.481 e. The molecule has 1 aromatic rings. The van der Waals surface area contributed by atoms with E-state index in [0.717, 1.165) is 5.56 Å². The van der Waals surface area contributed by atoms with E-state index >= 15 is 0 Å². The molecule has 2 atom stereocenters. The number of nitrogens with one attached hydrogen (secondary N) is 1. The maximum Gasteiger partial charge on any atom is 0.326 e. The smallest absolute Gasteiger partial charge is 0.326 e. The summed E-state index contributed by atoms with van der Waals surface area (Å²) in [6, 6.07) is 6.30. The zero-order valence-electron chi connectivity index (χ0n) is 15.1. The predicted octanol–water partition coefficient (Wildman–Crippen LogP) is 1.59. The average molecular weight is 350 g/mol. The van der Waals surface area contributed by atoms with E-state index < -0.39 is 24.0 Å². The lowest BCUT2D eigenvalue weighted by Crippen LogP contribution is -2.51. The maximum atomic E-state index is 12.8. The highest BCUT2D eigenvalue weighted by Gasteiger charge is 2.31. The first-order valence-corrected chi connectivity index (χ1v) is 8.27. The van der Waals surface area contributed by atoms with Crippen LogP contribution in [0.4, 0.5) is 0 Å². The van der Waals surface area contributed by atoms with Gasteiger partial charge in [0, 0.05) is 20.0 Å². The molecule has 25 heavy (non-hydrogen) atoms. The van der Waals surface area contributed by atoms with Crippen LogP contribution in [0.2, 0.25) is 0 Å². The van der Waals surface area contributed by atoms with E-state index in [1.54, 1.807) is 13.0 Å². The molecule has 0 spiro atoms. The predicted molar refractivity (Wildman–Crippen MR) is 93.4 cm³/mol. The second-order valence-corrected chi connectivity index (χ2v) is 5.86. The van der Waals surface area contributed by atoms with E-state index in [2.05, 4.69) is 5.32 Å². The number of carbonyl (C=O) groups excluding carboxylic acids is 2. The zero-order valence-corrected chi connectivity index (χ0v) is 15.1. The van der Waals surface area contributed by atoms with Crippen molar-refractivity contribution in [2.24, 2.45) is 0 Å². The van der Waals surface area contributed by atoms with Crippen molar-refractivity contribution in [2.75, 3.05) is 13.1 Å². The molecule has 2 amide bonds. The van der Waals surface area contributed by atoms with E-state index in [1.807, 2.05) is 25.1 Å². The van der Waals surface area contributed by atoms with Crippen molar-refractivity contribution in [1.29, 1.82) is 0 Å². The Hall–Kier alpha value is -2.57. The Morgan fingerprint density at radius 3 is 2.52 bits per heavy atom. The molecule has 0 bridgehead atoms. The van der Waals surface area contributed by atoms with Crippen molar-refractivity contribution in [2.45, 2.75) is 46.3 Å². The monoisotopic (exact) mass is 350 g/mol.